The van der Waals surface area contributed by atoms with Crippen molar-refractivity contribution in [3.05, 3.63) is 11.8 Å². The molecular formula is C6H11BrN2. The van der Waals surface area contributed by atoms with Crippen LogP contribution in [-0.4, -0.2) is 18.1 Å². The number of nitrogens with zero attached hydrogens (tertiary/aromatic N) is 1. The van der Waals surface area contributed by atoms with Crippen LogP contribution in [0.15, 0.2) is 16.8 Å². The van der Waals surface area contributed by atoms with Crippen LogP contribution in [0.3, 0.4) is 0 Å². The number of hydrogen-bond acceptors (Lipinski definition) is 2. The third kappa shape index (κ3) is 4.21. The minimum atomic E-state index is 0.762. The molecule has 0 aliphatic rings. The molecule has 0 radical (unpaired) electrons. The molecule has 0 saturated carbocycles. The number of aliphatic imine (C=N–C) groups is 1. The Morgan fingerprint density at radius 3 is 2.44 bits per heavy atom. The fourth-order valence-electron chi connectivity index (χ4n) is 0.426. The summed E-state index contributed by atoms with van der Waals surface area (Å²) in [5.41, 5.74) is 7.16. The van der Waals surface area contributed by atoms with Gasteiger partial charge in [-0.25, -0.2) is 0 Å². The van der Waals surface area contributed by atoms with Crippen molar-refractivity contribution < 1.29 is 0 Å². The maximum atomic E-state index is 5.40. The van der Waals surface area contributed by atoms with Crippen LogP contribution < -0.4 is 5.73 Å². The summed E-state index contributed by atoms with van der Waals surface area (Å²) >= 11 is 3.27. The normalized spacial score (nSPS) is 14.1. The first-order chi connectivity index (χ1) is 4.20. The quantitative estimate of drug-likeness (QED) is 0.518. The van der Waals surface area contributed by atoms with Gasteiger partial charge in [-0.3, -0.25) is 4.99 Å². The van der Waals surface area contributed by atoms with Crippen molar-refractivity contribution in [3.63, 3.8) is 0 Å². The molecule has 0 rings (SSSR count). The van der Waals surface area contributed by atoms with E-state index in [0.717, 1.165) is 16.7 Å². The molecule has 0 fully saturated rings. The highest BCUT2D eigenvalue weighted by Crippen LogP contribution is 1.90. The number of allylic oxidation sites excluding steroid dienone is 2. The summed E-state index contributed by atoms with van der Waals surface area (Å²) in [6.07, 6.45) is 1.84. The zero-order valence-corrected chi connectivity index (χ0v) is 7.27. The predicted octanol–water partition coefficient (Wildman–Crippen LogP) is 1.31. The molecular weight excluding hydrogens is 180 g/mol. The van der Waals surface area contributed by atoms with E-state index in [2.05, 4.69) is 20.9 Å². The van der Waals surface area contributed by atoms with Gasteiger partial charge in [-0.05, 0) is 13.0 Å². The van der Waals surface area contributed by atoms with Crippen molar-refractivity contribution in [2.24, 2.45) is 10.7 Å². The summed E-state index contributed by atoms with van der Waals surface area (Å²) in [6.45, 7) is 1.84. The van der Waals surface area contributed by atoms with Gasteiger partial charge in [0.05, 0.1) is 0 Å². The molecule has 0 unspecified atom stereocenters. The highest BCUT2D eigenvalue weighted by Gasteiger charge is 1.87. The molecule has 0 amide bonds. The number of hydrogen-bond donors (Lipinski definition) is 1. The SMILES string of the molecule is CN=C(C=C(C)N)CBr. The molecule has 0 bridgehead atoms. The van der Waals surface area contributed by atoms with Crippen molar-refractivity contribution in [3.8, 4) is 0 Å². The van der Waals surface area contributed by atoms with E-state index in [0.29, 0.717) is 0 Å². The molecule has 0 aromatic rings. The monoisotopic (exact) mass is 190 g/mol. The molecule has 2 N–H and O–H groups in total. The molecule has 0 aliphatic carbocycles. The average Bonchev–Trinajstić information content (AvgIpc) is 1.82. The lowest BCUT2D eigenvalue weighted by Crippen LogP contribution is -2.00. The second kappa shape index (κ2) is 4.56. The van der Waals surface area contributed by atoms with Crippen LogP contribution in [0.4, 0.5) is 0 Å². The number of alkyl halides is 1. The van der Waals surface area contributed by atoms with Gasteiger partial charge in [0.1, 0.15) is 0 Å². The van der Waals surface area contributed by atoms with Crippen molar-refractivity contribution in [1.29, 1.82) is 0 Å². The van der Waals surface area contributed by atoms with Crippen LogP contribution in [-0.2, 0) is 0 Å². The van der Waals surface area contributed by atoms with E-state index in [9.17, 15) is 0 Å². The van der Waals surface area contributed by atoms with Gasteiger partial charge in [0.25, 0.3) is 0 Å². The Morgan fingerprint density at radius 2 is 2.33 bits per heavy atom. The van der Waals surface area contributed by atoms with Crippen molar-refractivity contribution >= 4 is 21.6 Å². The van der Waals surface area contributed by atoms with Gasteiger partial charge in [-0.15, -0.1) is 0 Å². The largest absolute Gasteiger partial charge is 0.402 e. The summed E-state index contributed by atoms with van der Waals surface area (Å²) in [7, 11) is 1.75. The van der Waals surface area contributed by atoms with E-state index in [1.54, 1.807) is 7.05 Å². The predicted molar refractivity (Wildman–Crippen MR) is 45.1 cm³/mol. The van der Waals surface area contributed by atoms with Gasteiger partial charge in [0.2, 0.25) is 0 Å². The molecule has 3 heteroatoms. The summed E-state index contributed by atoms with van der Waals surface area (Å²) in [4.78, 5) is 3.96. The molecule has 0 atom stereocenters. The van der Waals surface area contributed by atoms with Crippen molar-refractivity contribution in [1.82, 2.24) is 0 Å². The Hall–Kier alpha value is -0.310. The van der Waals surface area contributed by atoms with Crippen LogP contribution in [0, 0.1) is 0 Å². The maximum Gasteiger partial charge on any atom is 0.0467 e. The molecule has 0 aromatic heterocycles. The highest BCUT2D eigenvalue weighted by molar-refractivity contribution is 9.09. The van der Waals surface area contributed by atoms with E-state index in [4.69, 9.17) is 5.73 Å². The molecule has 52 valence electrons. The lowest BCUT2D eigenvalue weighted by molar-refractivity contribution is 1.31. The van der Waals surface area contributed by atoms with Gasteiger partial charge in [0.15, 0.2) is 0 Å². The van der Waals surface area contributed by atoms with Gasteiger partial charge in [-0.2, -0.15) is 0 Å². The Kier molecular flexibility index (Phi) is 4.40. The molecule has 0 spiro atoms. The third-order valence-electron chi connectivity index (χ3n) is 0.818. The minimum absolute atomic E-state index is 0.762. The number of nitrogens with two attached hydrogens (primary N) is 1. The molecule has 0 aromatic carbocycles. The zero-order valence-electron chi connectivity index (χ0n) is 5.69. The van der Waals surface area contributed by atoms with Gasteiger partial charge >= 0.3 is 0 Å². The third-order valence-corrected chi connectivity index (χ3v) is 1.39. The second-order valence-corrected chi connectivity index (χ2v) is 2.30. The first kappa shape index (κ1) is 8.69. The van der Waals surface area contributed by atoms with Gasteiger partial charge in [-0.1, -0.05) is 15.9 Å². The van der Waals surface area contributed by atoms with Crippen molar-refractivity contribution in [2.45, 2.75) is 6.92 Å². The molecule has 2 nitrogen and oxygen atoms in total. The van der Waals surface area contributed by atoms with Crippen LogP contribution >= 0.6 is 15.9 Å². The Labute approximate surface area is 64.0 Å². The topological polar surface area (TPSA) is 38.4 Å². The highest BCUT2D eigenvalue weighted by atomic mass is 79.9. The van der Waals surface area contributed by atoms with Crippen LogP contribution in [0.2, 0.25) is 0 Å². The van der Waals surface area contributed by atoms with E-state index >= 15 is 0 Å². The smallest absolute Gasteiger partial charge is 0.0467 e. The number of rotatable bonds is 2. The summed E-state index contributed by atoms with van der Waals surface area (Å²) < 4.78 is 0. The first-order valence-corrected chi connectivity index (χ1v) is 3.78. The molecule has 0 heterocycles. The maximum absolute atomic E-state index is 5.40. The molecule has 9 heavy (non-hydrogen) atoms. The zero-order chi connectivity index (χ0) is 7.28. The Bertz CT molecular complexity index is 134. The van der Waals surface area contributed by atoms with Crippen LogP contribution in [0.1, 0.15) is 6.92 Å². The summed E-state index contributed by atoms with van der Waals surface area (Å²) in [5, 5.41) is 0.762. The van der Waals surface area contributed by atoms with E-state index in [-0.39, 0.29) is 0 Å². The van der Waals surface area contributed by atoms with E-state index < -0.39 is 0 Å². The van der Waals surface area contributed by atoms with E-state index in [1.807, 2.05) is 13.0 Å². The average molecular weight is 191 g/mol. The van der Waals surface area contributed by atoms with Crippen molar-refractivity contribution in [2.75, 3.05) is 12.4 Å². The molecule has 0 saturated heterocycles. The second-order valence-electron chi connectivity index (χ2n) is 1.74. The molecule has 0 aliphatic heterocycles. The minimum Gasteiger partial charge on any atom is -0.402 e. The Balaban J connectivity index is 4.01. The Morgan fingerprint density at radius 1 is 1.78 bits per heavy atom. The standard InChI is InChI=1S/C6H11BrN2/c1-5(8)3-6(4-7)9-2/h3H,4,8H2,1-2H3. The fourth-order valence-corrected chi connectivity index (χ4v) is 0.838. The number of halogens is 1. The van der Waals surface area contributed by atoms with Gasteiger partial charge < -0.3 is 5.73 Å². The summed E-state index contributed by atoms with van der Waals surface area (Å²) in [5.74, 6) is 0. The first-order valence-electron chi connectivity index (χ1n) is 2.66. The fraction of sp³-hybridized carbons (Fsp3) is 0.500. The lowest BCUT2D eigenvalue weighted by Gasteiger charge is -1.92. The summed E-state index contributed by atoms with van der Waals surface area (Å²) in [6, 6.07) is 0. The van der Waals surface area contributed by atoms with Crippen LogP contribution in [0.25, 0.3) is 0 Å². The lowest BCUT2D eigenvalue weighted by atomic mass is 10.3. The van der Waals surface area contributed by atoms with Gasteiger partial charge in [0, 0.05) is 23.8 Å². The van der Waals surface area contributed by atoms with Crippen LogP contribution in [0.5, 0.6) is 0 Å². The van der Waals surface area contributed by atoms with E-state index in [1.165, 1.54) is 0 Å².